The van der Waals surface area contributed by atoms with Gasteiger partial charge >= 0.3 is 0 Å². The summed E-state index contributed by atoms with van der Waals surface area (Å²) in [5.41, 5.74) is 5.00. The lowest BCUT2D eigenvalue weighted by molar-refractivity contribution is 0.0360. The molecule has 1 unspecified atom stereocenters. The van der Waals surface area contributed by atoms with Crippen LogP contribution in [-0.2, 0) is 0 Å². The van der Waals surface area contributed by atoms with Gasteiger partial charge in [0.25, 0.3) is 0 Å². The van der Waals surface area contributed by atoms with Crippen LogP contribution in [0.1, 0.15) is 58.8 Å². The Bertz CT molecular complexity index is 216. The summed E-state index contributed by atoms with van der Waals surface area (Å²) in [5.74, 6) is 0.622. The molecule has 88 valence electrons. The molecule has 2 aliphatic carbocycles. The largest absolute Gasteiger partial charge is 0.325 e. The fraction of sp³-hybridized carbons (Fsp3) is 1.00. The van der Waals surface area contributed by atoms with Gasteiger partial charge in [-0.1, -0.05) is 19.3 Å². The smallest absolute Gasteiger partial charge is 0.110 e. The van der Waals surface area contributed by atoms with Gasteiger partial charge in [-0.15, -0.1) is 0 Å². The summed E-state index contributed by atoms with van der Waals surface area (Å²) in [6.45, 7) is 3.44. The van der Waals surface area contributed by atoms with E-state index in [2.05, 4.69) is 0 Å². The number of halogens is 1. The zero-order chi connectivity index (χ0) is 11.1. The lowest BCUT2D eigenvalue weighted by atomic mass is 9.69. The van der Waals surface area contributed by atoms with Crippen molar-refractivity contribution in [3.8, 4) is 0 Å². The molecule has 0 aliphatic heterocycles. The molecule has 2 heteroatoms. The number of nitrogens with two attached hydrogens (primary N) is 1. The summed E-state index contributed by atoms with van der Waals surface area (Å²) in [4.78, 5) is 0. The van der Waals surface area contributed by atoms with Crippen LogP contribution >= 0.6 is 0 Å². The topological polar surface area (TPSA) is 26.0 Å². The van der Waals surface area contributed by atoms with Crippen molar-refractivity contribution < 1.29 is 4.39 Å². The molecule has 2 fully saturated rings. The highest BCUT2D eigenvalue weighted by Crippen LogP contribution is 2.52. The van der Waals surface area contributed by atoms with Crippen molar-refractivity contribution in [1.82, 2.24) is 0 Å². The van der Waals surface area contributed by atoms with Crippen LogP contribution in [-0.4, -0.2) is 11.2 Å². The van der Waals surface area contributed by atoms with Crippen LogP contribution < -0.4 is 5.73 Å². The van der Waals surface area contributed by atoms with Gasteiger partial charge in [-0.25, -0.2) is 4.39 Å². The van der Waals surface area contributed by atoms with Gasteiger partial charge in [-0.05, 0) is 45.4 Å². The van der Waals surface area contributed by atoms with Crippen LogP contribution in [0, 0.1) is 11.8 Å². The number of alkyl halides is 1. The van der Waals surface area contributed by atoms with Gasteiger partial charge < -0.3 is 5.73 Å². The van der Waals surface area contributed by atoms with E-state index in [4.69, 9.17) is 5.73 Å². The molecule has 0 aromatic rings. The monoisotopic (exact) mass is 213 g/mol. The maximum atomic E-state index is 14.3. The first-order valence-electron chi connectivity index (χ1n) is 6.41. The molecule has 2 rings (SSSR count). The van der Waals surface area contributed by atoms with E-state index < -0.39 is 5.67 Å². The minimum absolute atomic E-state index is 0.0882. The van der Waals surface area contributed by atoms with Crippen molar-refractivity contribution in [2.75, 3.05) is 0 Å². The number of hydrogen-bond donors (Lipinski definition) is 1. The van der Waals surface area contributed by atoms with Crippen LogP contribution in [0.3, 0.4) is 0 Å². The second kappa shape index (κ2) is 3.73. The van der Waals surface area contributed by atoms with Gasteiger partial charge in [-0.3, -0.25) is 0 Å². The molecule has 0 aromatic carbocycles. The zero-order valence-corrected chi connectivity index (χ0v) is 10.1. The molecule has 0 heterocycles. The Labute approximate surface area is 92.6 Å². The highest BCUT2D eigenvalue weighted by atomic mass is 19.1. The van der Waals surface area contributed by atoms with E-state index in [0.717, 1.165) is 12.8 Å². The average Bonchev–Trinajstić information content (AvgIpc) is 2.83. The van der Waals surface area contributed by atoms with Gasteiger partial charge in [0.15, 0.2) is 0 Å². The highest BCUT2D eigenvalue weighted by Gasteiger charge is 2.54. The molecular formula is C13H24FN. The Hall–Kier alpha value is -0.110. The first-order chi connectivity index (χ1) is 6.93. The fourth-order valence-electron chi connectivity index (χ4n) is 3.64. The molecular weight excluding hydrogens is 189 g/mol. The molecule has 2 N–H and O–H groups in total. The molecule has 0 aromatic heterocycles. The average molecular weight is 213 g/mol. The molecule has 0 saturated heterocycles. The van der Waals surface area contributed by atoms with E-state index >= 15 is 0 Å². The van der Waals surface area contributed by atoms with E-state index in [9.17, 15) is 4.39 Å². The predicted molar refractivity (Wildman–Crippen MR) is 61.4 cm³/mol. The predicted octanol–water partition coefficient (Wildman–Crippen LogP) is 3.42. The Kier molecular flexibility index (Phi) is 2.83. The van der Waals surface area contributed by atoms with E-state index in [1.54, 1.807) is 13.8 Å². The first-order valence-corrected chi connectivity index (χ1v) is 6.41. The van der Waals surface area contributed by atoms with E-state index in [1.807, 2.05) is 0 Å². The van der Waals surface area contributed by atoms with Gasteiger partial charge in [0, 0.05) is 11.5 Å². The van der Waals surface area contributed by atoms with E-state index in [0.29, 0.717) is 5.92 Å². The third kappa shape index (κ3) is 2.35. The van der Waals surface area contributed by atoms with Crippen molar-refractivity contribution in [2.45, 2.75) is 70.0 Å². The van der Waals surface area contributed by atoms with Gasteiger partial charge in [-0.2, -0.15) is 0 Å². The number of hydrogen-bond acceptors (Lipinski definition) is 1. The summed E-state index contributed by atoms with van der Waals surface area (Å²) in [6.07, 6.45) is 8.31. The SMILES string of the molecule is CC(C)(F)C(C1CCCCC1)C1(N)CC1. The van der Waals surface area contributed by atoms with Crippen LogP contribution in [0.4, 0.5) is 4.39 Å². The lowest BCUT2D eigenvalue weighted by Crippen LogP contribution is -2.48. The molecule has 0 spiro atoms. The zero-order valence-electron chi connectivity index (χ0n) is 10.1. The van der Waals surface area contributed by atoms with E-state index in [1.165, 1.54) is 32.1 Å². The van der Waals surface area contributed by atoms with Crippen molar-refractivity contribution in [2.24, 2.45) is 17.6 Å². The summed E-state index contributed by atoms with van der Waals surface area (Å²) < 4.78 is 14.3. The van der Waals surface area contributed by atoms with Crippen molar-refractivity contribution >= 4 is 0 Å². The molecule has 1 nitrogen and oxygen atoms in total. The van der Waals surface area contributed by atoms with Crippen LogP contribution in [0.25, 0.3) is 0 Å². The molecule has 2 saturated carbocycles. The minimum Gasteiger partial charge on any atom is -0.325 e. The molecule has 0 radical (unpaired) electrons. The third-order valence-electron chi connectivity index (χ3n) is 4.31. The number of rotatable bonds is 3. The van der Waals surface area contributed by atoms with Crippen molar-refractivity contribution in [3.05, 3.63) is 0 Å². The van der Waals surface area contributed by atoms with Gasteiger partial charge in [0.1, 0.15) is 5.67 Å². The minimum atomic E-state index is -1.10. The second-order valence-electron chi connectivity index (χ2n) is 6.17. The first kappa shape index (κ1) is 11.4. The Balaban J connectivity index is 2.11. The van der Waals surface area contributed by atoms with E-state index in [-0.39, 0.29) is 11.5 Å². The summed E-state index contributed by atoms with van der Waals surface area (Å²) in [6, 6.07) is 0. The summed E-state index contributed by atoms with van der Waals surface area (Å²) in [7, 11) is 0. The van der Waals surface area contributed by atoms with Crippen LogP contribution in [0.2, 0.25) is 0 Å². The quantitative estimate of drug-likeness (QED) is 0.763. The molecule has 2 aliphatic rings. The highest BCUT2D eigenvalue weighted by molar-refractivity contribution is 5.10. The molecule has 1 atom stereocenters. The second-order valence-corrected chi connectivity index (χ2v) is 6.17. The van der Waals surface area contributed by atoms with Crippen LogP contribution in [0.15, 0.2) is 0 Å². The maximum Gasteiger partial charge on any atom is 0.110 e. The van der Waals surface area contributed by atoms with Gasteiger partial charge in [0.2, 0.25) is 0 Å². The normalized spacial score (nSPS) is 28.8. The Morgan fingerprint density at radius 2 is 1.73 bits per heavy atom. The Morgan fingerprint density at radius 3 is 2.13 bits per heavy atom. The summed E-state index contributed by atoms with van der Waals surface area (Å²) in [5, 5.41) is 0. The molecule has 15 heavy (non-hydrogen) atoms. The molecule has 0 bridgehead atoms. The van der Waals surface area contributed by atoms with Crippen LogP contribution in [0.5, 0.6) is 0 Å². The maximum absolute atomic E-state index is 14.3. The van der Waals surface area contributed by atoms with Crippen molar-refractivity contribution in [3.63, 3.8) is 0 Å². The van der Waals surface area contributed by atoms with Crippen molar-refractivity contribution in [1.29, 1.82) is 0 Å². The molecule has 0 amide bonds. The third-order valence-corrected chi connectivity index (χ3v) is 4.31. The standard InChI is InChI=1S/C13H24FN/c1-12(2,14)11(13(15)8-9-13)10-6-4-3-5-7-10/h10-11H,3-9,15H2,1-2H3. The fourth-order valence-corrected chi connectivity index (χ4v) is 3.64. The lowest BCUT2D eigenvalue weighted by Gasteiger charge is -2.40. The van der Waals surface area contributed by atoms with Gasteiger partial charge in [0.05, 0.1) is 0 Å². The summed E-state index contributed by atoms with van der Waals surface area (Å²) >= 11 is 0. The Morgan fingerprint density at radius 1 is 1.20 bits per heavy atom.